The summed E-state index contributed by atoms with van der Waals surface area (Å²) in [5.74, 6) is -0.141. The molecule has 0 radical (unpaired) electrons. The fraction of sp³-hybridized carbons (Fsp3) is 0.226. The Bertz CT molecular complexity index is 1620. The highest BCUT2D eigenvalue weighted by Crippen LogP contribution is 2.39. The molecule has 43 heavy (non-hydrogen) atoms. The number of methoxy groups -OCH3 is 1. The molecule has 1 N–H and O–H groups in total. The third kappa shape index (κ3) is 7.19. The monoisotopic (exact) mass is 662 g/mol. The SMILES string of the molecule is COc1cc(/C=C2/SC(=O)N(CC(=O)Nc3ccccc3N3CCOCC3)C2=O)cc(Br)c1OCc1ccc(C#N)cc1. The van der Waals surface area contributed by atoms with Gasteiger partial charge in [0.25, 0.3) is 11.1 Å². The minimum Gasteiger partial charge on any atom is -0.493 e. The van der Waals surface area contributed by atoms with Crippen molar-refractivity contribution >= 4 is 62.2 Å². The summed E-state index contributed by atoms with van der Waals surface area (Å²) in [7, 11) is 1.50. The second-order valence-corrected chi connectivity index (χ2v) is 11.4. The average molecular weight is 664 g/mol. The number of thioether (sulfide) groups is 1. The van der Waals surface area contributed by atoms with E-state index in [1.54, 1.807) is 36.4 Å². The Hall–Kier alpha value is -4.31. The van der Waals surface area contributed by atoms with Crippen molar-refractivity contribution in [3.63, 3.8) is 0 Å². The second-order valence-electron chi connectivity index (χ2n) is 9.56. The molecule has 0 atom stereocenters. The lowest BCUT2D eigenvalue weighted by Crippen LogP contribution is -2.38. The summed E-state index contributed by atoms with van der Waals surface area (Å²) >= 11 is 4.28. The predicted octanol–water partition coefficient (Wildman–Crippen LogP) is 5.42. The van der Waals surface area contributed by atoms with E-state index in [1.807, 2.05) is 30.3 Å². The lowest BCUT2D eigenvalue weighted by atomic mass is 10.1. The zero-order valence-electron chi connectivity index (χ0n) is 23.2. The molecule has 0 unspecified atom stereocenters. The summed E-state index contributed by atoms with van der Waals surface area (Å²) in [5.41, 5.74) is 3.50. The standard InChI is InChI=1S/C31H27BrN4O6S/c1-40-26-15-22(14-23(32)29(26)42-19-21-8-6-20(17-33)7-9-21)16-27-30(38)36(31(39)43-27)18-28(37)34-24-4-2-3-5-25(24)35-10-12-41-13-11-35/h2-9,14-16H,10-13,18-19H2,1H3,(H,34,37)/b27-16+. The number of hydrogen-bond donors (Lipinski definition) is 1. The van der Waals surface area contributed by atoms with Gasteiger partial charge in [-0.2, -0.15) is 5.26 Å². The zero-order chi connectivity index (χ0) is 30.3. The van der Waals surface area contributed by atoms with Crippen LogP contribution in [-0.2, 0) is 20.9 Å². The van der Waals surface area contributed by atoms with Crippen molar-refractivity contribution in [3.8, 4) is 17.6 Å². The van der Waals surface area contributed by atoms with E-state index in [0.717, 1.165) is 27.9 Å². The highest BCUT2D eigenvalue weighted by Gasteiger charge is 2.36. The number of nitrogens with zero attached hydrogens (tertiary/aromatic N) is 3. The number of ether oxygens (including phenoxy) is 3. The summed E-state index contributed by atoms with van der Waals surface area (Å²) in [4.78, 5) is 42.1. The van der Waals surface area contributed by atoms with E-state index in [0.29, 0.717) is 59.1 Å². The maximum atomic E-state index is 13.2. The first-order chi connectivity index (χ1) is 20.9. The molecule has 3 aromatic rings. The van der Waals surface area contributed by atoms with E-state index in [4.69, 9.17) is 19.5 Å². The molecule has 0 aromatic heterocycles. The Morgan fingerprint density at radius 3 is 2.60 bits per heavy atom. The number of anilines is 2. The number of carbonyl (C=O) groups is 3. The van der Waals surface area contributed by atoms with Crippen LogP contribution in [0.25, 0.3) is 6.08 Å². The third-order valence-electron chi connectivity index (χ3n) is 6.72. The lowest BCUT2D eigenvalue weighted by Gasteiger charge is -2.30. The number of hydrogen-bond acceptors (Lipinski definition) is 9. The van der Waals surface area contributed by atoms with Crippen LogP contribution in [0.3, 0.4) is 0 Å². The number of benzene rings is 3. The van der Waals surface area contributed by atoms with Gasteiger partial charge in [-0.3, -0.25) is 19.3 Å². The van der Waals surface area contributed by atoms with E-state index in [2.05, 4.69) is 32.2 Å². The minimum atomic E-state index is -0.553. The van der Waals surface area contributed by atoms with Gasteiger partial charge in [-0.1, -0.05) is 24.3 Å². The number of nitrogens with one attached hydrogen (secondary N) is 1. The number of carbonyl (C=O) groups excluding carboxylic acids is 3. The van der Waals surface area contributed by atoms with Crippen LogP contribution in [0, 0.1) is 11.3 Å². The van der Waals surface area contributed by atoms with E-state index < -0.39 is 23.6 Å². The first-order valence-electron chi connectivity index (χ1n) is 13.3. The Morgan fingerprint density at radius 2 is 1.88 bits per heavy atom. The molecule has 10 nitrogen and oxygen atoms in total. The van der Waals surface area contributed by atoms with Crippen LogP contribution >= 0.6 is 27.7 Å². The fourth-order valence-electron chi connectivity index (χ4n) is 4.57. The largest absolute Gasteiger partial charge is 0.493 e. The van der Waals surface area contributed by atoms with Crippen molar-refractivity contribution in [2.45, 2.75) is 6.61 Å². The quantitative estimate of drug-likeness (QED) is 0.299. The van der Waals surface area contributed by atoms with Crippen molar-refractivity contribution in [2.75, 3.05) is 50.2 Å². The van der Waals surface area contributed by atoms with Gasteiger partial charge in [0, 0.05) is 13.1 Å². The molecule has 0 saturated carbocycles. The molecule has 2 aliphatic rings. The van der Waals surface area contributed by atoms with Crippen LogP contribution in [0.15, 0.2) is 70.0 Å². The average Bonchev–Trinajstić information content (AvgIpc) is 3.28. The first kappa shape index (κ1) is 30.2. The molecular formula is C31H27BrN4O6S. The van der Waals surface area contributed by atoms with Crippen molar-refractivity contribution in [3.05, 3.63) is 86.7 Å². The number of amides is 3. The first-order valence-corrected chi connectivity index (χ1v) is 14.9. The van der Waals surface area contributed by atoms with Crippen molar-refractivity contribution in [1.29, 1.82) is 5.26 Å². The molecule has 3 aromatic carbocycles. The molecule has 3 amide bonds. The maximum absolute atomic E-state index is 13.2. The van der Waals surface area contributed by atoms with E-state index in [-0.39, 0.29) is 11.5 Å². The second kappa shape index (κ2) is 13.8. The third-order valence-corrected chi connectivity index (χ3v) is 8.22. The van der Waals surface area contributed by atoms with Gasteiger partial charge in [0.15, 0.2) is 11.5 Å². The maximum Gasteiger partial charge on any atom is 0.294 e. The van der Waals surface area contributed by atoms with Gasteiger partial charge in [-0.15, -0.1) is 0 Å². The molecule has 5 rings (SSSR count). The van der Waals surface area contributed by atoms with Gasteiger partial charge in [0.2, 0.25) is 5.91 Å². The fourth-order valence-corrected chi connectivity index (χ4v) is 5.99. The normalized spacial score (nSPS) is 15.9. The summed E-state index contributed by atoms with van der Waals surface area (Å²) in [6, 6.07) is 20.0. The van der Waals surface area contributed by atoms with Gasteiger partial charge in [0.05, 0.1) is 52.7 Å². The van der Waals surface area contributed by atoms with Crippen molar-refractivity contribution in [2.24, 2.45) is 0 Å². The highest BCUT2D eigenvalue weighted by molar-refractivity contribution is 9.10. The van der Waals surface area contributed by atoms with E-state index >= 15 is 0 Å². The molecule has 2 aliphatic heterocycles. The van der Waals surface area contributed by atoms with Crippen molar-refractivity contribution < 1.29 is 28.6 Å². The Kier molecular flexibility index (Phi) is 9.66. The summed E-state index contributed by atoms with van der Waals surface area (Å²) in [5, 5.41) is 11.3. The van der Waals surface area contributed by atoms with Crippen LogP contribution in [0.4, 0.5) is 16.2 Å². The Morgan fingerprint density at radius 1 is 1.14 bits per heavy atom. The summed E-state index contributed by atoms with van der Waals surface area (Å²) in [6.07, 6.45) is 1.58. The van der Waals surface area contributed by atoms with Crippen LogP contribution in [0.5, 0.6) is 11.5 Å². The molecular weight excluding hydrogens is 636 g/mol. The van der Waals surface area contributed by atoms with Crippen LogP contribution in [-0.4, -0.2) is 61.9 Å². The Labute approximate surface area is 261 Å². The van der Waals surface area contributed by atoms with Crippen LogP contribution < -0.4 is 19.7 Å². The van der Waals surface area contributed by atoms with Crippen LogP contribution in [0.2, 0.25) is 0 Å². The number of imide groups is 1. The molecule has 2 saturated heterocycles. The topological polar surface area (TPSA) is 121 Å². The lowest BCUT2D eigenvalue weighted by molar-refractivity contribution is -0.127. The number of morpholine rings is 1. The number of nitriles is 1. The van der Waals surface area contributed by atoms with Gasteiger partial charge < -0.3 is 24.4 Å². The minimum absolute atomic E-state index is 0.187. The molecule has 220 valence electrons. The van der Waals surface area contributed by atoms with Gasteiger partial charge in [-0.25, -0.2) is 0 Å². The van der Waals surface area contributed by atoms with Crippen molar-refractivity contribution in [1.82, 2.24) is 4.90 Å². The number of para-hydroxylation sites is 2. The number of halogens is 1. The van der Waals surface area contributed by atoms with Gasteiger partial charge >= 0.3 is 0 Å². The summed E-state index contributed by atoms with van der Waals surface area (Å²) < 4.78 is 17.5. The molecule has 12 heteroatoms. The van der Waals surface area contributed by atoms with Gasteiger partial charge in [0.1, 0.15) is 13.2 Å². The smallest absolute Gasteiger partial charge is 0.294 e. The van der Waals surface area contributed by atoms with E-state index in [9.17, 15) is 14.4 Å². The molecule has 0 bridgehead atoms. The molecule has 2 fully saturated rings. The molecule has 0 spiro atoms. The highest BCUT2D eigenvalue weighted by atomic mass is 79.9. The van der Waals surface area contributed by atoms with Gasteiger partial charge in [-0.05, 0) is 81.3 Å². The summed E-state index contributed by atoms with van der Waals surface area (Å²) in [6.45, 7) is 2.44. The Balaban J connectivity index is 1.26. The zero-order valence-corrected chi connectivity index (χ0v) is 25.6. The molecule has 2 heterocycles. The van der Waals surface area contributed by atoms with E-state index in [1.165, 1.54) is 7.11 Å². The number of rotatable bonds is 9. The predicted molar refractivity (Wildman–Crippen MR) is 167 cm³/mol. The molecule has 0 aliphatic carbocycles. The van der Waals surface area contributed by atoms with Crippen LogP contribution in [0.1, 0.15) is 16.7 Å².